The van der Waals surface area contributed by atoms with Crippen LogP contribution in [0.25, 0.3) is 103 Å². The van der Waals surface area contributed by atoms with Crippen molar-refractivity contribution in [1.29, 1.82) is 0 Å². The smallest absolute Gasteiger partial charge is 0.137 e. The Labute approximate surface area is 430 Å². The first kappa shape index (κ1) is 41.1. The van der Waals surface area contributed by atoms with E-state index in [-0.39, 0.29) is 0 Å². The van der Waals surface area contributed by atoms with Gasteiger partial charge in [0.05, 0.1) is 27.5 Å². The van der Waals surface area contributed by atoms with Gasteiger partial charge >= 0.3 is 0 Å². The lowest BCUT2D eigenvalue weighted by Gasteiger charge is -2.31. The van der Waals surface area contributed by atoms with E-state index in [1.165, 1.54) is 114 Å². The van der Waals surface area contributed by atoms with Gasteiger partial charge in [0.2, 0.25) is 0 Å². The number of thiophene rings is 1. The minimum atomic E-state index is -0.455. The molecule has 3 aliphatic rings. The number of nitrogens with zero attached hydrogens (tertiary/aromatic N) is 4. The highest BCUT2D eigenvalue weighted by molar-refractivity contribution is 8.08. The summed E-state index contributed by atoms with van der Waals surface area (Å²) in [6.45, 7) is 0. The number of hydrogen-bond donors (Lipinski definition) is 0. The van der Waals surface area contributed by atoms with Gasteiger partial charge in [0.15, 0.2) is 0 Å². The minimum absolute atomic E-state index is 0.296. The minimum Gasteiger partial charge on any atom is -0.294 e. The first-order chi connectivity index (χ1) is 36.2. The van der Waals surface area contributed by atoms with Crippen molar-refractivity contribution in [3.63, 3.8) is 0 Å². The number of hydrogen-bond acceptors (Lipinski definition) is 4. The number of allylic oxidation sites excluding steroid dienone is 1. The van der Waals surface area contributed by atoms with E-state index in [2.05, 4.69) is 221 Å². The van der Waals surface area contributed by atoms with Crippen molar-refractivity contribution in [2.24, 2.45) is 0 Å². The van der Waals surface area contributed by atoms with Crippen molar-refractivity contribution >= 4 is 71.6 Å². The van der Waals surface area contributed by atoms with Crippen LogP contribution in [-0.2, 0) is 5.41 Å². The van der Waals surface area contributed by atoms with Crippen LogP contribution in [0, 0.1) is 0 Å². The summed E-state index contributed by atoms with van der Waals surface area (Å²) in [5, 5.41) is 5.25. The Morgan fingerprint density at radius 1 is 0.397 bits per heavy atom. The lowest BCUT2D eigenvalue weighted by Crippen LogP contribution is -2.26. The zero-order valence-electron chi connectivity index (χ0n) is 39.4. The first-order valence-electron chi connectivity index (χ1n) is 25.0. The maximum absolute atomic E-state index is 4.75. The summed E-state index contributed by atoms with van der Waals surface area (Å²) in [5.41, 5.74) is 20.1. The molecule has 4 nitrogen and oxygen atoms in total. The predicted molar refractivity (Wildman–Crippen MR) is 305 cm³/mol. The molecule has 0 fully saturated rings. The Morgan fingerprint density at radius 3 is 1.52 bits per heavy atom. The molecule has 2 aliphatic carbocycles. The molecule has 342 valence electrons. The van der Waals surface area contributed by atoms with Crippen LogP contribution >= 0.6 is 23.1 Å². The third-order valence-electron chi connectivity index (χ3n) is 15.8. The van der Waals surface area contributed by atoms with Crippen LogP contribution in [0.4, 0.5) is 0 Å². The van der Waals surface area contributed by atoms with Gasteiger partial charge in [0, 0.05) is 53.8 Å². The van der Waals surface area contributed by atoms with Gasteiger partial charge in [0.1, 0.15) is 11.6 Å². The monoisotopic (exact) mass is 966 g/mol. The third kappa shape index (κ3) is 5.90. The fourth-order valence-electron chi connectivity index (χ4n) is 12.7. The summed E-state index contributed by atoms with van der Waals surface area (Å²) in [5.74, 6) is 1.86. The molecule has 1 atom stereocenters. The Bertz CT molecular complexity index is 4420. The normalized spacial score (nSPS) is 15.1. The average molecular weight is 967 g/mol. The summed E-state index contributed by atoms with van der Waals surface area (Å²) in [6.07, 6.45) is 7.18. The largest absolute Gasteiger partial charge is 0.294 e. The van der Waals surface area contributed by atoms with E-state index in [9.17, 15) is 0 Å². The van der Waals surface area contributed by atoms with Gasteiger partial charge in [0.25, 0.3) is 0 Å². The quantitative estimate of drug-likeness (QED) is 0.167. The Morgan fingerprint density at radius 2 is 0.890 bits per heavy atom. The van der Waals surface area contributed by atoms with E-state index in [1.807, 2.05) is 47.6 Å². The summed E-state index contributed by atoms with van der Waals surface area (Å²) >= 11 is 3.88. The molecule has 13 aromatic rings. The zero-order valence-corrected chi connectivity index (χ0v) is 41.0. The molecule has 0 saturated heterocycles. The highest BCUT2D eigenvalue weighted by atomic mass is 32.2. The molecule has 6 heterocycles. The summed E-state index contributed by atoms with van der Waals surface area (Å²) < 4.78 is 4.57. The van der Waals surface area contributed by atoms with Crippen LogP contribution in [0.3, 0.4) is 0 Å². The molecular formula is C67H42N4S2. The molecule has 0 amide bonds. The number of pyridine rings is 2. The number of fused-ring (bicyclic) bond motifs is 16. The SMILES string of the molecule is C1=C(c2ccc3c(c2)c2ccccc2n3-c2ccccn2)SC(c2ccc3c(c2)C2(c4ccccc4-c4ccccc42)c2cc(-c4ccc(-c5ccc6c(c5)c5ccccc5n6-c5ccccn5)s4)ccc2-3)C1. The molecule has 1 spiro atoms. The number of rotatable bonds is 6. The summed E-state index contributed by atoms with van der Waals surface area (Å²) in [6, 6.07) is 81.2. The summed E-state index contributed by atoms with van der Waals surface area (Å²) in [7, 11) is 0. The van der Waals surface area contributed by atoms with Crippen molar-refractivity contribution in [1.82, 2.24) is 19.1 Å². The van der Waals surface area contributed by atoms with Gasteiger partial charge in [-0.05, 0) is 152 Å². The standard InChI is InChI=1S/C67H42N4S2/c1-5-17-53-45(13-1)46-14-2-6-18-54(46)67(53)55-39-43(63-33-31-61(72-63)41-25-29-59-51(37-41)49-15-3-7-19-57(49)70(59)65-21-9-11-35-68-65)23-27-47(55)48-28-24-44(40-56(48)67)64-34-32-62(73-64)42-26-30-60-52(38-42)50-16-4-8-20-58(50)71(60)66-22-10-12-36-69-66/h1-33,35-40,64H,34H2. The van der Waals surface area contributed by atoms with Crippen molar-refractivity contribution in [2.75, 3.05) is 0 Å². The molecule has 0 bridgehead atoms. The fraction of sp³-hybridized carbons (Fsp3) is 0.0448. The molecule has 5 aromatic heterocycles. The maximum atomic E-state index is 4.75. The first-order valence-corrected chi connectivity index (χ1v) is 26.7. The Balaban J connectivity index is 0.779. The van der Waals surface area contributed by atoms with E-state index in [0.717, 1.165) is 29.1 Å². The van der Waals surface area contributed by atoms with E-state index < -0.39 is 5.41 Å². The maximum Gasteiger partial charge on any atom is 0.137 e. The van der Waals surface area contributed by atoms with Crippen LogP contribution in [0.2, 0.25) is 0 Å². The molecular weight excluding hydrogens is 925 g/mol. The van der Waals surface area contributed by atoms with Gasteiger partial charge in [-0.25, -0.2) is 9.97 Å². The second-order valence-corrected chi connectivity index (χ2v) is 21.9. The highest BCUT2D eigenvalue weighted by Crippen LogP contribution is 2.64. The van der Waals surface area contributed by atoms with E-state index in [0.29, 0.717) is 5.25 Å². The fourth-order valence-corrected chi connectivity index (χ4v) is 15.0. The second kappa shape index (κ2) is 15.7. The zero-order chi connectivity index (χ0) is 47.8. The highest BCUT2D eigenvalue weighted by Gasteiger charge is 2.52. The van der Waals surface area contributed by atoms with Crippen LogP contribution in [0.5, 0.6) is 0 Å². The van der Waals surface area contributed by atoms with Gasteiger partial charge < -0.3 is 0 Å². The predicted octanol–water partition coefficient (Wildman–Crippen LogP) is 17.6. The van der Waals surface area contributed by atoms with Crippen LogP contribution in [0.15, 0.2) is 237 Å². The number of benzene rings is 8. The molecule has 0 saturated carbocycles. The molecule has 0 N–H and O–H groups in total. The van der Waals surface area contributed by atoms with Gasteiger partial charge in [-0.15, -0.1) is 23.1 Å². The summed E-state index contributed by atoms with van der Waals surface area (Å²) in [4.78, 5) is 13.4. The van der Waals surface area contributed by atoms with Crippen molar-refractivity contribution < 1.29 is 0 Å². The molecule has 0 radical (unpaired) electrons. The van der Waals surface area contributed by atoms with E-state index in [4.69, 9.17) is 9.97 Å². The van der Waals surface area contributed by atoms with Crippen LogP contribution in [0.1, 0.15) is 45.1 Å². The average Bonchev–Trinajstić information content (AvgIpc) is 4.34. The van der Waals surface area contributed by atoms with Crippen molar-refractivity contribution in [2.45, 2.75) is 17.1 Å². The number of para-hydroxylation sites is 2. The van der Waals surface area contributed by atoms with Crippen molar-refractivity contribution in [3.8, 4) is 54.8 Å². The van der Waals surface area contributed by atoms with Gasteiger partial charge in [-0.2, -0.15) is 0 Å². The number of thioether (sulfide) groups is 1. The molecule has 16 rings (SSSR count). The Hall–Kier alpha value is -8.55. The molecule has 6 heteroatoms. The van der Waals surface area contributed by atoms with Crippen LogP contribution < -0.4 is 0 Å². The Kier molecular flexibility index (Phi) is 8.85. The topological polar surface area (TPSA) is 35.6 Å². The molecule has 8 aromatic carbocycles. The van der Waals surface area contributed by atoms with E-state index in [1.54, 1.807) is 0 Å². The lowest BCUT2D eigenvalue weighted by molar-refractivity contribution is 0.790. The molecule has 1 aliphatic heterocycles. The lowest BCUT2D eigenvalue weighted by atomic mass is 9.70. The van der Waals surface area contributed by atoms with Gasteiger partial charge in [-0.3, -0.25) is 9.13 Å². The van der Waals surface area contributed by atoms with Crippen LogP contribution in [-0.4, -0.2) is 19.1 Å². The van der Waals surface area contributed by atoms with Gasteiger partial charge in [-0.1, -0.05) is 146 Å². The third-order valence-corrected chi connectivity index (χ3v) is 18.4. The molecule has 73 heavy (non-hydrogen) atoms. The van der Waals surface area contributed by atoms with Crippen molar-refractivity contribution in [3.05, 3.63) is 270 Å². The van der Waals surface area contributed by atoms with E-state index >= 15 is 0 Å². The number of aromatic nitrogens is 4. The second-order valence-electron chi connectivity index (χ2n) is 19.5. The molecule has 1 unspecified atom stereocenters.